The molecule has 1 aromatic heterocycles. The van der Waals surface area contributed by atoms with Crippen LogP contribution in [0.15, 0.2) is 42.9 Å². The average Bonchev–Trinajstić information content (AvgIpc) is 2.48. The van der Waals surface area contributed by atoms with Crippen LogP contribution in [0.1, 0.15) is 17.3 Å². The lowest BCUT2D eigenvalue weighted by molar-refractivity contribution is 0.0439. The van der Waals surface area contributed by atoms with Gasteiger partial charge in [-0.25, -0.2) is 14.8 Å². The number of esters is 1. The standard InChI is InChI=1S/C15H12N2O2/c1-3-11(2)19-15(18)13-9-16-10-17-14(13)12-7-5-4-6-8-12/h1,4-11H,2H3/t11-/m0/s1. The Labute approximate surface area is 111 Å². The van der Waals surface area contributed by atoms with E-state index >= 15 is 0 Å². The van der Waals surface area contributed by atoms with E-state index in [9.17, 15) is 4.79 Å². The van der Waals surface area contributed by atoms with E-state index in [1.165, 1.54) is 12.5 Å². The molecule has 0 fully saturated rings. The average molecular weight is 252 g/mol. The van der Waals surface area contributed by atoms with Crippen molar-refractivity contribution in [3.05, 3.63) is 48.4 Å². The first-order valence-corrected chi connectivity index (χ1v) is 5.75. The molecule has 1 atom stereocenters. The second kappa shape index (κ2) is 5.78. The summed E-state index contributed by atoms with van der Waals surface area (Å²) in [4.78, 5) is 20.0. The fraction of sp³-hybridized carbons (Fsp3) is 0.133. The van der Waals surface area contributed by atoms with Gasteiger partial charge in [0.2, 0.25) is 0 Å². The smallest absolute Gasteiger partial charge is 0.343 e. The van der Waals surface area contributed by atoms with Crippen LogP contribution in [-0.4, -0.2) is 22.0 Å². The van der Waals surface area contributed by atoms with Gasteiger partial charge >= 0.3 is 5.97 Å². The number of hydrogen-bond acceptors (Lipinski definition) is 4. The minimum atomic E-state index is -0.587. The molecule has 1 heterocycles. The Hall–Kier alpha value is -2.67. The zero-order valence-electron chi connectivity index (χ0n) is 10.4. The lowest BCUT2D eigenvalue weighted by atomic mass is 10.1. The van der Waals surface area contributed by atoms with Crippen LogP contribution >= 0.6 is 0 Å². The van der Waals surface area contributed by atoms with Crippen molar-refractivity contribution >= 4 is 5.97 Å². The third-order valence-electron chi connectivity index (χ3n) is 2.50. The van der Waals surface area contributed by atoms with Crippen LogP contribution in [0.5, 0.6) is 0 Å². The Morgan fingerprint density at radius 3 is 2.79 bits per heavy atom. The van der Waals surface area contributed by atoms with Crippen LogP contribution in [0, 0.1) is 12.3 Å². The summed E-state index contributed by atoms with van der Waals surface area (Å²) in [7, 11) is 0. The highest BCUT2D eigenvalue weighted by molar-refractivity contribution is 5.95. The fourth-order valence-corrected chi connectivity index (χ4v) is 1.56. The highest BCUT2D eigenvalue weighted by atomic mass is 16.5. The molecule has 2 aromatic rings. The van der Waals surface area contributed by atoms with Gasteiger partial charge in [-0.15, -0.1) is 6.42 Å². The Morgan fingerprint density at radius 2 is 2.11 bits per heavy atom. The molecule has 0 N–H and O–H groups in total. The highest BCUT2D eigenvalue weighted by Crippen LogP contribution is 2.20. The quantitative estimate of drug-likeness (QED) is 0.621. The minimum Gasteiger partial charge on any atom is -0.446 e. The number of benzene rings is 1. The summed E-state index contributed by atoms with van der Waals surface area (Å²) < 4.78 is 5.09. The van der Waals surface area contributed by atoms with Crippen LogP contribution in [0.4, 0.5) is 0 Å². The third-order valence-corrected chi connectivity index (χ3v) is 2.50. The first-order chi connectivity index (χ1) is 9.22. The molecule has 4 nitrogen and oxygen atoms in total. The van der Waals surface area contributed by atoms with Crippen molar-refractivity contribution in [1.29, 1.82) is 0 Å². The zero-order chi connectivity index (χ0) is 13.7. The van der Waals surface area contributed by atoms with E-state index < -0.39 is 12.1 Å². The molecule has 0 bridgehead atoms. The van der Waals surface area contributed by atoms with E-state index in [1.807, 2.05) is 30.3 Å². The Kier molecular flexibility index (Phi) is 3.89. The van der Waals surface area contributed by atoms with E-state index in [0.29, 0.717) is 11.3 Å². The molecule has 2 rings (SSSR count). The Bertz CT molecular complexity index is 618. The van der Waals surface area contributed by atoms with E-state index in [-0.39, 0.29) is 0 Å². The van der Waals surface area contributed by atoms with Crippen LogP contribution in [0.3, 0.4) is 0 Å². The number of rotatable bonds is 3. The number of carbonyl (C=O) groups is 1. The second-order valence-electron chi connectivity index (χ2n) is 3.87. The first kappa shape index (κ1) is 12.8. The maximum Gasteiger partial charge on any atom is 0.343 e. The van der Waals surface area contributed by atoms with Crippen LogP contribution < -0.4 is 0 Å². The summed E-state index contributed by atoms with van der Waals surface area (Å²) in [6.07, 6.45) is 7.43. The Morgan fingerprint density at radius 1 is 1.37 bits per heavy atom. The van der Waals surface area contributed by atoms with Crippen LogP contribution in [-0.2, 0) is 4.74 Å². The molecule has 0 saturated heterocycles. The lowest BCUT2D eigenvalue weighted by Gasteiger charge is -2.10. The maximum atomic E-state index is 12.0. The van der Waals surface area contributed by atoms with Gasteiger partial charge in [0.05, 0.1) is 5.69 Å². The molecule has 0 spiro atoms. The molecule has 0 aliphatic heterocycles. The minimum absolute atomic E-state index is 0.302. The number of ether oxygens (including phenoxy) is 1. The summed E-state index contributed by atoms with van der Waals surface area (Å²) >= 11 is 0. The summed E-state index contributed by atoms with van der Waals surface area (Å²) in [6, 6.07) is 9.36. The van der Waals surface area contributed by atoms with Gasteiger partial charge in [0.1, 0.15) is 11.9 Å². The summed E-state index contributed by atoms with van der Waals surface area (Å²) in [6.45, 7) is 1.63. The highest BCUT2D eigenvalue weighted by Gasteiger charge is 2.17. The van der Waals surface area contributed by atoms with Crippen molar-refractivity contribution in [1.82, 2.24) is 9.97 Å². The molecule has 0 aliphatic carbocycles. The van der Waals surface area contributed by atoms with Gasteiger partial charge in [-0.1, -0.05) is 36.3 Å². The van der Waals surface area contributed by atoms with Crippen LogP contribution in [0.2, 0.25) is 0 Å². The van der Waals surface area contributed by atoms with Gasteiger partial charge < -0.3 is 4.74 Å². The summed E-state index contributed by atoms with van der Waals surface area (Å²) in [5, 5.41) is 0. The van der Waals surface area contributed by atoms with Gasteiger partial charge in [-0.2, -0.15) is 0 Å². The maximum absolute atomic E-state index is 12.0. The molecule has 0 amide bonds. The van der Waals surface area contributed by atoms with Crippen molar-refractivity contribution in [2.75, 3.05) is 0 Å². The second-order valence-corrected chi connectivity index (χ2v) is 3.87. The molecule has 4 heteroatoms. The summed E-state index contributed by atoms with van der Waals surface area (Å²) in [5.41, 5.74) is 1.66. The van der Waals surface area contributed by atoms with Gasteiger partial charge in [0, 0.05) is 11.8 Å². The van der Waals surface area contributed by atoms with Crippen molar-refractivity contribution in [3.63, 3.8) is 0 Å². The zero-order valence-corrected chi connectivity index (χ0v) is 10.4. The van der Waals surface area contributed by atoms with Crippen molar-refractivity contribution in [2.24, 2.45) is 0 Å². The molecule has 19 heavy (non-hydrogen) atoms. The van der Waals surface area contributed by atoms with Crippen molar-refractivity contribution in [2.45, 2.75) is 13.0 Å². The number of aromatic nitrogens is 2. The predicted octanol–water partition coefficient (Wildman–Crippen LogP) is 2.32. The van der Waals surface area contributed by atoms with Crippen LogP contribution in [0.25, 0.3) is 11.3 Å². The SMILES string of the molecule is C#C[C@H](C)OC(=O)c1cncnc1-c1ccccc1. The summed E-state index contributed by atoms with van der Waals surface area (Å²) in [5.74, 6) is 1.82. The fourth-order valence-electron chi connectivity index (χ4n) is 1.56. The van der Waals surface area contributed by atoms with Gasteiger partial charge in [0.15, 0.2) is 6.10 Å². The molecular formula is C15H12N2O2. The topological polar surface area (TPSA) is 52.1 Å². The van der Waals surface area contributed by atoms with Gasteiger partial charge in [-0.3, -0.25) is 0 Å². The predicted molar refractivity (Wildman–Crippen MR) is 71.2 cm³/mol. The molecular weight excluding hydrogens is 240 g/mol. The Balaban J connectivity index is 2.38. The monoisotopic (exact) mass is 252 g/mol. The molecule has 0 aliphatic rings. The van der Waals surface area contributed by atoms with Gasteiger partial charge in [0.25, 0.3) is 0 Å². The van der Waals surface area contributed by atoms with Crippen molar-refractivity contribution < 1.29 is 9.53 Å². The van der Waals surface area contributed by atoms with E-state index in [1.54, 1.807) is 6.92 Å². The van der Waals surface area contributed by atoms with Gasteiger partial charge in [-0.05, 0) is 6.92 Å². The molecule has 0 radical (unpaired) electrons. The van der Waals surface area contributed by atoms with E-state index in [2.05, 4.69) is 15.9 Å². The number of terminal acetylenes is 1. The lowest BCUT2D eigenvalue weighted by Crippen LogP contribution is -2.14. The third kappa shape index (κ3) is 2.96. The normalized spacial score (nSPS) is 11.4. The van der Waals surface area contributed by atoms with E-state index in [0.717, 1.165) is 5.56 Å². The molecule has 1 aromatic carbocycles. The van der Waals surface area contributed by atoms with Crippen molar-refractivity contribution in [3.8, 4) is 23.6 Å². The number of carbonyl (C=O) groups excluding carboxylic acids is 1. The molecule has 0 saturated carbocycles. The first-order valence-electron chi connectivity index (χ1n) is 5.75. The number of hydrogen-bond donors (Lipinski definition) is 0. The largest absolute Gasteiger partial charge is 0.446 e. The van der Waals surface area contributed by atoms with E-state index in [4.69, 9.17) is 11.2 Å². The molecule has 0 unspecified atom stereocenters. The molecule has 94 valence electrons. The number of nitrogens with zero attached hydrogens (tertiary/aromatic N) is 2.